The SMILES string of the molecule is CC(=O)Oc1c(Br)cc(Cc2cc3ccccc3oc2=O)cc1Br. The normalized spacial score (nSPS) is 10.8. The van der Waals surface area contributed by atoms with Gasteiger partial charge in [-0.2, -0.15) is 0 Å². The quantitative estimate of drug-likeness (QED) is 0.325. The number of fused-ring (bicyclic) bond motifs is 1. The lowest BCUT2D eigenvalue weighted by Gasteiger charge is -2.10. The van der Waals surface area contributed by atoms with Crippen LogP contribution < -0.4 is 10.4 Å². The Bertz CT molecular complexity index is 969. The lowest BCUT2D eigenvalue weighted by Crippen LogP contribution is -2.08. The van der Waals surface area contributed by atoms with Gasteiger partial charge in [-0.25, -0.2) is 4.79 Å². The predicted molar refractivity (Wildman–Crippen MR) is 98.4 cm³/mol. The summed E-state index contributed by atoms with van der Waals surface area (Å²) in [5, 5.41) is 0.877. The van der Waals surface area contributed by atoms with Gasteiger partial charge >= 0.3 is 11.6 Å². The predicted octanol–water partition coefficient (Wildman–Crippen LogP) is 4.83. The molecule has 1 heterocycles. The molecule has 0 saturated carbocycles. The molecular weight excluding hydrogens is 440 g/mol. The van der Waals surface area contributed by atoms with Crippen LogP contribution in [0.3, 0.4) is 0 Å². The van der Waals surface area contributed by atoms with Crippen molar-refractivity contribution in [2.45, 2.75) is 13.3 Å². The molecular formula is C18H12Br2O4. The van der Waals surface area contributed by atoms with Crippen LogP contribution in [0.5, 0.6) is 5.75 Å². The summed E-state index contributed by atoms with van der Waals surface area (Å²) in [6.07, 6.45) is 0.407. The Labute approximate surface area is 154 Å². The van der Waals surface area contributed by atoms with Gasteiger partial charge in [0.15, 0.2) is 5.75 Å². The van der Waals surface area contributed by atoms with E-state index in [1.54, 1.807) is 6.07 Å². The topological polar surface area (TPSA) is 56.5 Å². The Hall–Kier alpha value is -1.92. The molecule has 0 aliphatic rings. The third kappa shape index (κ3) is 3.60. The molecule has 0 saturated heterocycles. The van der Waals surface area contributed by atoms with E-state index >= 15 is 0 Å². The van der Waals surface area contributed by atoms with Gasteiger partial charge in [-0.1, -0.05) is 18.2 Å². The second-order valence-corrected chi connectivity index (χ2v) is 6.96. The van der Waals surface area contributed by atoms with E-state index in [-0.39, 0.29) is 5.63 Å². The molecule has 0 fully saturated rings. The number of carbonyl (C=O) groups is 1. The maximum atomic E-state index is 12.2. The van der Waals surface area contributed by atoms with Crippen molar-refractivity contribution in [3.63, 3.8) is 0 Å². The van der Waals surface area contributed by atoms with Crippen LogP contribution in [0.4, 0.5) is 0 Å². The standard InChI is InChI=1S/C18H12Br2O4/c1-10(21)23-17-14(19)7-11(8-15(17)20)6-13-9-12-4-2-3-5-16(12)24-18(13)22/h2-5,7-9H,6H2,1H3. The van der Waals surface area contributed by atoms with Gasteiger partial charge in [0.25, 0.3) is 0 Å². The molecule has 4 nitrogen and oxygen atoms in total. The fraction of sp³-hybridized carbons (Fsp3) is 0.111. The van der Waals surface area contributed by atoms with Crippen molar-refractivity contribution < 1.29 is 13.9 Å². The van der Waals surface area contributed by atoms with Gasteiger partial charge in [-0.05, 0) is 61.7 Å². The molecule has 6 heteroatoms. The monoisotopic (exact) mass is 450 g/mol. The van der Waals surface area contributed by atoms with Crippen LogP contribution in [0.25, 0.3) is 11.0 Å². The Morgan fingerprint density at radius 2 is 1.79 bits per heavy atom. The highest BCUT2D eigenvalue weighted by molar-refractivity contribution is 9.11. The maximum Gasteiger partial charge on any atom is 0.339 e. The van der Waals surface area contributed by atoms with Gasteiger partial charge in [0.2, 0.25) is 0 Å². The van der Waals surface area contributed by atoms with E-state index < -0.39 is 5.97 Å². The number of para-hydroxylation sites is 1. The van der Waals surface area contributed by atoms with Crippen molar-refractivity contribution in [3.05, 3.63) is 73.0 Å². The zero-order chi connectivity index (χ0) is 17.3. The van der Waals surface area contributed by atoms with E-state index in [0.29, 0.717) is 32.3 Å². The minimum Gasteiger partial charge on any atom is -0.424 e. The van der Waals surface area contributed by atoms with Crippen LogP contribution in [-0.2, 0) is 11.2 Å². The summed E-state index contributed by atoms with van der Waals surface area (Å²) in [6.45, 7) is 1.34. The Kier molecular flexibility index (Phi) is 4.87. The first-order chi connectivity index (χ1) is 11.4. The van der Waals surface area contributed by atoms with Crippen LogP contribution in [0.2, 0.25) is 0 Å². The molecule has 3 rings (SSSR count). The third-order valence-corrected chi connectivity index (χ3v) is 4.59. The summed E-state index contributed by atoms with van der Waals surface area (Å²) >= 11 is 6.78. The first-order valence-corrected chi connectivity index (χ1v) is 8.71. The average Bonchev–Trinajstić information content (AvgIpc) is 2.51. The third-order valence-electron chi connectivity index (χ3n) is 3.41. The van der Waals surface area contributed by atoms with Crippen LogP contribution in [0.15, 0.2) is 60.6 Å². The molecule has 2 aromatic carbocycles. The summed E-state index contributed by atoms with van der Waals surface area (Å²) in [7, 11) is 0. The molecule has 0 unspecified atom stereocenters. The number of rotatable bonds is 3. The van der Waals surface area contributed by atoms with Gasteiger partial charge in [-0.15, -0.1) is 0 Å². The summed E-state index contributed by atoms with van der Waals surface area (Å²) < 4.78 is 11.8. The number of ether oxygens (including phenoxy) is 1. The van der Waals surface area contributed by atoms with E-state index in [2.05, 4.69) is 31.9 Å². The summed E-state index contributed by atoms with van der Waals surface area (Å²) in [6, 6.07) is 12.9. The van der Waals surface area contributed by atoms with Crippen LogP contribution in [0, 0.1) is 0 Å². The molecule has 0 radical (unpaired) electrons. The largest absolute Gasteiger partial charge is 0.424 e. The molecule has 0 aliphatic heterocycles. The number of halogens is 2. The Morgan fingerprint density at radius 1 is 1.12 bits per heavy atom. The molecule has 0 aliphatic carbocycles. The summed E-state index contributed by atoms with van der Waals surface area (Å²) in [5.74, 6) is 0.0103. The van der Waals surface area contributed by atoms with E-state index in [1.165, 1.54) is 6.92 Å². The number of hydrogen-bond acceptors (Lipinski definition) is 4. The van der Waals surface area contributed by atoms with Crippen LogP contribution in [-0.4, -0.2) is 5.97 Å². The van der Waals surface area contributed by atoms with Crippen LogP contribution in [0.1, 0.15) is 18.1 Å². The molecule has 0 spiro atoms. The molecule has 24 heavy (non-hydrogen) atoms. The Balaban J connectivity index is 1.98. The number of carbonyl (C=O) groups excluding carboxylic acids is 1. The average molecular weight is 452 g/mol. The molecule has 122 valence electrons. The maximum absolute atomic E-state index is 12.2. The second kappa shape index (κ2) is 6.91. The van der Waals surface area contributed by atoms with E-state index in [1.807, 2.05) is 36.4 Å². The van der Waals surface area contributed by atoms with Crippen molar-refractivity contribution in [2.24, 2.45) is 0 Å². The zero-order valence-corrected chi connectivity index (χ0v) is 15.8. The fourth-order valence-electron chi connectivity index (χ4n) is 2.40. The molecule has 0 N–H and O–H groups in total. The number of benzene rings is 2. The van der Waals surface area contributed by atoms with Gasteiger partial charge < -0.3 is 9.15 Å². The number of hydrogen-bond donors (Lipinski definition) is 0. The molecule has 0 atom stereocenters. The van der Waals surface area contributed by atoms with Crippen molar-refractivity contribution in [1.82, 2.24) is 0 Å². The highest BCUT2D eigenvalue weighted by atomic mass is 79.9. The van der Waals surface area contributed by atoms with E-state index in [0.717, 1.165) is 10.9 Å². The minimum atomic E-state index is -0.403. The number of esters is 1. The van der Waals surface area contributed by atoms with Crippen molar-refractivity contribution in [3.8, 4) is 5.75 Å². The highest BCUT2D eigenvalue weighted by Gasteiger charge is 2.13. The smallest absolute Gasteiger partial charge is 0.339 e. The first-order valence-electron chi connectivity index (χ1n) is 7.12. The van der Waals surface area contributed by atoms with Gasteiger partial charge in [0.05, 0.1) is 8.95 Å². The molecule has 3 aromatic rings. The van der Waals surface area contributed by atoms with Gasteiger partial charge in [-0.3, -0.25) is 4.79 Å². The molecule has 0 bridgehead atoms. The summed E-state index contributed by atoms with van der Waals surface area (Å²) in [4.78, 5) is 23.3. The molecule has 1 aromatic heterocycles. The fourth-order valence-corrected chi connectivity index (χ4v) is 3.85. The van der Waals surface area contributed by atoms with Crippen molar-refractivity contribution in [1.29, 1.82) is 0 Å². The van der Waals surface area contributed by atoms with E-state index in [9.17, 15) is 9.59 Å². The summed E-state index contributed by atoms with van der Waals surface area (Å²) in [5.41, 5.74) is 1.66. The molecule has 0 amide bonds. The van der Waals surface area contributed by atoms with Crippen molar-refractivity contribution in [2.75, 3.05) is 0 Å². The lowest BCUT2D eigenvalue weighted by molar-refractivity contribution is -0.131. The first kappa shape index (κ1) is 16.9. The lowest BCUT2D eigenvalue weighted by atomic mass is 10.1. The van der Waals surface area contributed by atoms with E-state index in [4.69, 9.17) is 9.15 Å². The van der Waals surface area contributed by atoms with Crippen molar-refractivity contribution >= 4 is 48.8 Å². The second-order valence-electron chi connectivity index (χ2n) is 5.26. The van der Waals surface area contributed by atoms with Crippen LogP contribution >= 0.6 is 31.9 Å². The Morgan fingerprint density at radius 3 is 2.46 bits per heavy atom. The zero-order valence-electron chi connectivity index (χ0n) is 12.6. The van der Waals surface area contributed by atoms with Gasteiger partial charge in [0.1, 0.15) is 5.58 Å². The minimum absolute atomic E-state index is 0.356. The highest BCUT2D eigenvalue weighted by Crippen LogP contribution is 2.35. The van der Waals surface area contributed by atoms with Gasteiger partial charge in [0, 0.05) is 24.3 Å².